The molecule has 1 fully saturated rings. The average molecular weight is 288 g/mol. The summed E-state index contributed by atoms with van der Waals surface area (Å²) in [6, 6.07) is 9.57. The first-order valence-corrected chi connectivity index (χ1v) is 8.47. The average Bonchev–Trinajstić information content (AvgIpc) is 2.71. The van der Waals surface area contributed by atoms with Crippen LogP contribution in [0.1, 0.15) is 30.9 Å². The molecule has 0 spiro atoms. The smallest absolute Gasteiger partial charge is 0.0521 e. The Bertz CT molecular complexity index is 447. The topological polar surface area (TPSA) is 24.5 Å². The summed E-state index contributed by atoms with van der Waals surface area (Å²) < 4.78 is 5.73. The fourth-order valence-corrected chi connectivity index (χ4v) is 3.76. The minimum absolute atomic E-state index is 0.627. The van der Waals surface area contributed by atoms with Crippen LogP contribution in [0, 0.1) is 5.92 Å². The number of nitrogens with zero attached hydrogens (tertiary/aromatic N) is 1. The van der Waals surface area contributed by atoms with Gasteiger partial charge in [-0.25, -0.2) is 0 Å². The van der Waals surface area contributed by atoms with Crippen molar-refractivity contribution in [2.75, 3.05) is 32.8 Å². The van der Waals surface area contributed by atoms with Crippen molar-refractivity contribution >= 4 is 0 Å². The Morgan fingerprint density at radius 1 is 1.29 bits per heavy atom. The molecule has 0 bridgehead atoms. The Labute approximate surface area is 128 Å². The van der Waals surface area contributed by atoms with Gasteiger partial charge in [-0.15, -0.1) is 0 Å². The van der Waals surface area contributed by atoms with E-state index in [0.29, 0.717) is 12.0 Å². The van der Waals surface area contributed by atoms with Crippen LogP contribution in [0.25, 0.3) is 0 Å². The van der Waals surface area contributed by atoms with E-state index < -0.39 is 0 Å². The number of benzene rings is 1. The molecule has 2 aliphatic rings. The van der Waals surface area contributed by atoms with Gasteiger partial charge in [-0.2, -0.15) is 0 Å². The first kappa shape index (κ1) is 15.0. The molecule has 2 atom stereocenters. The van der Waals surface area contributed by atoms with E-state index in [2.05, 4.69) is 41.4 Å². The van der Waals surface area contributed by atoms with Gasteiger partial charge in [0.15, 0.2) is 0 Å². The lowest BCUT2D eigenvalue weighted by Crippen LogP contribution is -2.47. The van der Waals surface area contributed by atoms with Crippen molar-refractivity contribution in [1.29, 1.82) is 0 Å². The molecule has 3 nitrogen and oxygen atoms in total. The minimum Gasteiger partial charge on any atom is -0.381 e. The lowest BCUT2D eigenvalue weighted by molar-refractivity contribution is 0.0160. The van der Waals surface area contributed by atoms with E-state index >= 15 is 0 Å². The predicted molar refractivity (Wildman–Crippen MR) is 86.4 cm³/mol. The molecule has 2 unspecified atom stereocenters. The summed E-state index contributed by atoms with van der Waals surface area (Å²) in [5.41, 5.74) is 3.06. The summed E-state index contributed by atoms with van der Waals surface area (Å²) in [5.74, 6) is 0.629. The summed E-state index contributed by atoms with van der Waals surface area (Å²) in [7, 11) is 0. The number of hydrogen-bond acceptors (Lipinski definition) is 3. The molecule has 3 rings (SSSR count). The third kappa shape index (κ3) is 3.85. The summed E-state index contributed by atoms with van der Waals surface area (Å²) in [6.07, 6.45) is 3.66. The number of ether oxygens (including phenoxy) is 1. The number of nitrogens with one attached hydrogen (secondary N) is 1. The Morgan fingerprint density at radius 2 is 2.14 bits per heavy atom. The van der Waals surface area contributed by atoms with Crippen molar-refractivity contribution in [3.63, 3.8) is 0 Å². The van der Waals surface area contributed by atoms with E-state index in [1.54, 1.807) is 5.56 Å². The largest absolute Gasteiger partial charge is 0.381 e. The first-order valence-electron chi connectivity index (χ1n) is 8.47. The van der Waals surface area contributed by atoms with Crippen LogP contribution in [0.5, 0.6) is 0 Å². The maximum Gasteiger partial charge on any atom is 0.0521 e. The molecule has 1 saturated heterocycles. The molecule has 116 valence electrons. The third-order valence-corrected chi connectivity index (χ3v) is 4.87. The molecule has 0 saturated carbocycles. The van der Waals surface area contributed by atoms with E-state index in [4.69, 9.17) is 4.74 Å². The van der Waals surface area contributed by atoms with Gasteiger partial charge in [0, 0.05) is 31.7 Å². The highest BCUT2D eigenvalue weighted by Gasteiger charge is 2.27. The van der Waals surface area contributed by atoms with Crippen LogP contribution in [0.4, 0.5) is 0 Å². The van der Waals surface area contributed by atoms with Crippen LogP contribution in [0.2, 0.25) is 0 Å². The second kappa shape index (κ2) is 7.39. The van der Waals surface area contributed by atoms with Gasteiger partial charge in [-0.1, -0.05) is 31.2 Å². The highest BCUT2D eigenvalue weighted by molar-refractivity contribution is 5.28. The van der Waals surface area contributed by atoms with Gasteiger partial charge < -0.3 is 10.1 Å². The van der Waals surface area contributed by atoms with E-state index in [0.717, 1.165) is 39.3 Å². The zero-order valence-electron chi connectivity index (χ0n) is 13.2. The molecule has 1 aromatic rings. The van der Waals surface area contributed by atoms with Crippen LogP contribution < -0.4 is 5.32 Å². The third-order valence-electron chi connectivity index (χ3n) is 4.87. The van der Waals surface area contributed by atoms with Gasteiger partial charge in [-0.3, -0.25) is 4.90 Å². The summed E-state index contributed by atoms with van der Waals surface area (Å²) in [6.45, 7) is 8.56. The fraction of sp³-hybridized carbons (Fsp3) is 0.667. The number of hydrogen-bond donors (Lipinski definition) is 1. The van der Waals surface area contributed by atoms with Crippen LogP contribution in [-0.2, 0) is 17.7 Å². The zero-order valence-corrected chi connectivity index (χ0v) is 13.2. The number of aryl methyl sites for hydroxylation is 1. The summed E-state index contributed by atoms with van der Waals surface area (Å²) in [5, 5.41) is 3.65. The van der Waals surface area contributed by atoms with Crippen LogP contribution >= 0.6 is 0 Å². The summed E-state index contributed by atoms with van der Waals surface area (Å²) in [4.78, 5) is 2.63. The molecule has 0 aliphatic carbocycles. The van der Waals surface area contributed by atoms with Gasteiger partial charge in [0.25, 0.3) is 0 Å². The van der Waals surface area contributed by atoms with Gasteiger partial charge in [0.2, 0.25) is 0 Å². The lowest BCUT2D eigenvalue weighted by atomic mass is 9.95. The van der Waals surface area contributed by atoms with Gasteiger partial charge in [-0.05, 0) is 43.5 Å². The van der Waals surface area contributed by atoms with Crippen molar-refractivity contribution in [3.8, 4) is 0 Å². The Balaban J connectivity index is 1.64. The molecule has 1 aromatic carbocycles. The monoisotopic (exact) mass is 288 g/mol. The molecular weight excluding hydrogens is 260 g/mol. The second-order valence-electron chi connectivity index (χ2n) is 6.40. The molecule has 21 heavy (non-hydrogen) atoms. The van der Waals surface area contributed by atoms with Gasteiger partial charge >= 0.3 is 0 Å². The normalized spacial score (nSPS) is 27.1. The zero-order chi connectivity index (χ0) is 14.5. The number of rotatable bonds is 4. The van der Waals surface area contributed by atoms with Crippen LogP contribution in [0.15, 0.2) is 24.3 Å². The molecular formula is C18H28N2O. The van der Waals surface area contributed by atoms with E-state index in [1.807, 2.05) is 0 Å². The maximum atomic E-state index is 5.73. The molecule has 0 amide bonds. The fourth-order valence-electron chi connectivity index (χ4n) is 3.76. The van der Waals surface area contributed by atoms with Crippen molar-refractivity contribution in [3.05, 3.63) is 35.4 Å². The van der Waals surface area contributed by atoms with Crippen molar-refractivity contribution in [1.82, 2.24) is 10.2 Å². The Morgan fingerprint density at radius 3 is 3.00 bits per heavy atom. The summed E-state index contributed by atoms with van der Waals surface area (Å²) >= 11 is 0. The maximum absolute atomic E-state index is 5.73. The van der Waals surface area contributed by atoms with Gasteiger partial charge in [0.05, 0.1) is 6.61 Å². The number of fused-ring (bicyclic) bond motifs is 1. The van der Waals surface area contributed by atoms with Crippen molar-refractivity contribution in [2.24, 2.45) is 5.92 Å². The Hall–Kier alpha value is -0.900. The van der Waals surface area contributed by atoms with Crippen molar-refractivity contribution < 1.29 is 4.74 Å². The minimum atomic E-state index is 0.627. The molecule has 0 radical (unpaired) electrons. The molecule has 2 heterocycles. The van der Waals surface area contributed by atoms with E-state index in [1.165, 1.54) is 24.9 Å². The highest BCUT2D eigenvalue weighted by Crippen LogP contribution is 2.22. The molecule has 0 aromatic heterocycles. The standard InChI is InChI=1S/C18H28N2O/c1-2-19-18-9-11-21-14-17(18)13-20-10-5-8-15-6-3-4-7-16(15)12-20/h3-4,6-7,17-19H,2,5,8-14H2,1H3. The highest BCUT2D eigenvalue weighted by atomic mass is 16.5. The quantitative estimate of drug-likeness (QED) is 0.921. The van der Waals surface area contributed by atoms with E-state index in [-0.39, 0.29) is 0 Å². The molecule has 2 aliphatic heterocycles. The van der Waals surface area contributed by atoms with Crippen LogP contribution in [0.3, 0.4) is 0 Å². The molecule has 3 heteroatoms. The van der Waals surface area contributed by atoms with Crippen molar-refractivity contribution in [2.45, 2.75) is 38.8 Å². The SMILES string of the molecule is CCNC1CCOCC1CN1CCCc2ccccc2C1. The Kier molecular flexibility index (Phi) is 5.28. The predicted octanol–water partition coefficient (Wildman–Crippen LogP) is 2.45. The lowest BCUT2D eigenvalue weighted by Gasteiger charge is -2.35. The molecule has 1 N–H and O–H groups in total. The van der Waals surface area contributed by atoms with E-state index in [9.17, 15) is 0 Å². The second-order valence-corrected chi connectivity index (χ2v) is 6.40. The first-order chi connectivity index (χ1) is 10.4. The van der Waals surface area contributed by atoms with Gasteiger partial charge in [0.1, 0.15) is 0 Å². The van der Waals surface area contributed by atoms with Crippen LogP contribution in [-0.4, -0.2) is 43.8 Å².